The minimum absolute atomic E-state index is 0.178. The van der Waals surface area contributed by atoms with Crippen LogP contribution in [-0.4, -0.2) is 29.3 Å². The topological polar surface area (TPSA) is 74.4 Å². The van der Waals surface area contributed by atoms with Crippen LogP contribution in [0.25, 0.3) is 22.6 Å². The van der Waals surface area contributed by atoms with Crippen LogP contribution < -0.4 is 10.4 Å². The summed E-state index contributed by atoms with van der Waals surface area (Å²) in [6.07, 6.45) is 5.44. The number of hydrogen-bond acceptors (Lipinski definition) is 5. The van der Waals surface area contributed by atoms with Crippen LogP contribution in [0, 0.1) is 6.92 Å². The molecule has 0 N–H and O–H groups in total. The Morgan fingerprint density at radius 2 is 1.60 bits per heavy atom. The second-order valence-electron chi connectivity index (χ2n) is 9.31. The van der Waals surface area contributed by atoms with Gasteiger partial charge in [-0.3, -0.25) is 9.48 Å². The maximum absolute atomic E-state index is 13.6. The summed E-state index contributed by atoms with van der Waals surface area (Å²) in [6, 6.07) is 27.8. The lowest BCUT2D eigenvalue weighted by Crippen LogP contribution is -2.20. The molecule has 0 unspecified atom stereocenters. The number of aromatic nitrogens is 5. The molecule has 0 saturated heterocycles. The Kier molecular flexibility index (Phi) is 6.71. The highest BCUT2D eigenvalue weighted by Crippen LogP contribution is 2.22. The first-order valence-electron chi connectivity index (χ1n) is 12.8. The number of benzene rings is 3. The largest absolute Gasteiger partial charge is 0.306 e. The van der Waals surface area contributed by atoms with E-state index < -0.39 is 0 Å². The second-order valence-corrected chi connectivity index (χ2v) is 10.1. The molecule has 0 radical (unpaired) electrons. The van der Waals surface area contributed by atoms with Gasteiger partial charge in [-0.25, -0.2) is 19.3 Å². The predicted octanol–water partition coefficient (Wildman–Crippen LogP) is 5.70. The Labute approximate surface area is 235 Å². The predicted molar refractivity (Wildman–Crippen MR) is 160 cm³/mol. The van der Waals surface area contributed by atoms with Gasteiger partial charge in [-0.2, -0.15) is 5.10 Å². The van der Waals surface area contributed by atoms with Crippen molar-refractivity contribution in [2.75, 3.05) is 0 Å². The Morgan fingerprint density at radius 3 is 2.27 bits per heavy atom. The van der Waals surface area contributed by atoms with Crippen LogP contribution in [0.1, 0.15) is 18.2 Å². The van der Waals surface area contributed by atoms with E-state index in [2.05, 4.69) is 4.98 Å². The maximum atomic E-state index is 13.6. The highest BCUT2D eigenvalue weighted by atomic mass is 32.1. The number of rotatable bonds is 6. The number of nitrogens with zero attached hydrogens (tertiary/aromatic N) is 7. The third-order valence-electron chi connectivity index (χ3n) is 6.82. The van der Waals surface area contributed by atoms with E-state index in [4.69, 9.17) is 10.1 Å². The van der Waals surface area contributed by atoms with E-state index in [-0.39, 0.29) is 5.56 Å². The van der Waals surface area contributed by atoms with E-state index in [0.717, 1.165) is 39.6 Å². The van der Waals surface area contributed by atoms with E-state index in [1.807, 2.05) is 131 Å². The Bertz CT molecular complexity index is 1920. The molecule has 6 aromatic rings. The normalized spacial score (nSPS) is 12.3. The summed E-state index contributed by atoms with van der Waals surface area (Å²) < 4.78 is 7.26. The van der Waals surface area contributed by atoms with Gasteiger partial charge in [0.1, 0.15) is 0 Å². The van der Waals surface area contributed by atoms with Crippen molar-refractivity contribution in [3.8, 4) is 22.6 Å². The zero-order chi connectivity index (χ0) is 27.6. The van der Waals surface area contributed by atoms with Gasteiger partial charge in [0.2, 0.25) is 4.80 Å². The molecule has 0 spiro atoms. The summed E-state index contributed by atoms with van der Waals surface area (Å²) >= 11 is 1.45. The zero-order valence-corrected chi connectivity index (χ0v) is 23.2. The zero-order valence-electron chi connectivity index (χ0n) is 22.3. The van der Waals surface area contributed by atoms with Gasteiger partial charge in [-0.05, 0) is 43.7 Å². The number of hydrogen-bond donors (Lipinski definition) is 0. The molecule has 0 saturated carbocycles. The standard InChI is InChI=1S/C31H27N7OS/c1-22(24-14-16-26(17-15-24)36-19-18-32-21-36)34-37-28(25-10-6-4-7-11-25)20-40-31(37)33-29-23(2)35(3)38(30(29)39)27-12-8-5-9-13-27/h4-21H,1-3H3. The van der Waals surface area contributed by atoms with E-state index in [1.54, 1.807) is 17.2 Å². The number of thiazole rings is 1. The van der Waals surface area contributed by atoms with Crippen molar-refractivity contribution in [1.29, 1.82) is 0 Å². The monoisotopic (exact) mass is 545 g/mol. The molecule has 0 amide bonds. The lowest BCUT2D eigenvalue weighted by atomic mass is 10.1. The molecule has 0 aliphatic carbocycles. The summed E-state index contributed by atoms with van der Waals surface area (Å²) in [6.45, 7) is 3.89. The fourth-order valence-corrected chi connectivity index (χ4v) is 5.39. The van der Waals surface area contributed by atoms with Gasteiger partial charge >= 0.3 is 0 Å². The molecule has 0 aliphatic rings. The summed E-state index contributed by atoms with van der Waals surface area (Å²) in [4.78, 5) is 23.2. The van der Waals surface area contributed by atoms with Crippen molar-refractivity contribution in [2.24, 2.45) is 17.1 Å². The fraction of sp³-hybridized carbons (Fsp3) is 0.0968. The van der Waals surface area contributed by atoms with Gasteiger partial charge in [0.15, 0.2) is 5.69 Å². The van der Waals surface area contributed by atoms with Crippen LogP contribution in [0.2, 0.25) is 0 Å². The van der Waals surface area contributed by atoms with E-state index in [1.165, 1.54) is 11.3 Å². The first-order valence-corrected chi connectivity index (χ1v) is 13.7. The smallest absolute Gasteiger partial charge is 0.297 e. The SMILES string of the molecule is CC(=Nn1c(-c2ccccc2)csc1=Nc1c(C)n(C)n(-c2ccccc2)c1=O)c1ccc(-n2ccnc2)cc1. The van der Waals surface area contributed by atoms with E-state index in [9.17, 15) is 4.79 Å². The fourth-order valence-electron chi connectivity index (χ4n) is 4.55. The summed E-state index contributed by atoms with van der Waals surface area (Å²) in [7, 11) is 1.87. The quantitative estimate of drug-likeness (QED) is 0.252. The Morgan fingerprint density at radius 1 is 0.900 bits per heavy atom. The summed E-state index contributed by atoms with van der Waals surface area (Å²) in [5, 5.41) is 7.04. The highest BCUT2D eigenvalue weighted by Gasteiger charge is 2.17. The van der Waals surface area contributed by atoms with Gasteiger partial charge in [0.05, 0.1) is 29.1 Å². The molecule has 9 heteroatoms. The molecule has 0 bridgehead atoms. The molecule has 3 aromatic heterocycles. The van der Waals surface area contributed by atoms with Crippen LogP contribution >= 0.6 is 11.3 Å². The number of imidazole rings is 1. The van der Waals surface area contributed by atoms with Crippen molar-refractivity contribution in [2.45, 2.75) is 13.8 Å². The molecular formula is C31H27N7OS. The van der Waals surface area contributed by atoms with Crippen molar-refractivity contribution in [3.05, 3.63) is 135 Å². The van der Waals surface area contributed by atoms with Crippen LogP contribution in [0.4, 0.5) is 5.69 Å². The third-order valence-corrected chi connectivity index (χ3v) is 7.64. The van der Waals surface area contributed by atoms with Crippen molar-refractivity contribution in [3.63, 3.8) is 0 Å². The van der Waals surface area contributed by atoms with Gasteiger partial charge < -0.3 is 4.57 Å². The molecule has 198 valence electrons. The Hall–Kier alpha value is -5.02. The third kappa shape index (κ3) is 4.67. The molecule has 8 nitrogen and oxygen atoms in total. The highest BCUT2D eigenvalue weighted by molar-refractivity contribution is 7.07. The molecule has 40 heavy (non-hydrogen) atoms. The molecule has 0 aliphatic heterocycles. The maximum Gasteiger partial charge on any atom is 0.297 e. The van der Waals surface area contributed by atoms with E-state index in [0.29, 0.717) is 10.5 Å². The second kappa shape index (κ2) is 10.6. The number of para-hydroxylation sites is 1. The van der Waals surface area contributed by atoms with Gasteiger partial charge in [0, 0.05) is 36.1 Å². The van der Waals surface area contributed by atoms with Crippen LogP contribution in [0.5, 0.6) is 0 Å². The van der Waals surface area contributed by atoms with Crippen LogP contribution in [-0.2, 0) is 7.05 Å². The minimum atomic E-state index is -0.178. The lowest BCUT2D eigenvalue weighted by molar-refractivity contribution is 0.630. The first-order chi connectivity index (χ1) is 19.5. The van der Waals surface area contributed by atoms with Crippen molar-refractivity contribution >= 4 is 22.7 Å². The van der Waals surface area contributed by atoms with Crippen molar-refractivity contribution in [1.82, 2.24) is 23.6 Å². The molecule has 0 fully saturated rings. The minimum Gasteiger partial charge on any atom is -0.306 e. The first kappa shape index (κ1) is 25.3. The van der Waals surface area contributed by atoms with Crippen LogP contribution in [0.15, 0.2) is 124 Å². The van der Waals surface area contributed by atoms with Gasteiger partial charge in [0.25, 0.3) is 5.56 Å². The molecule has 3 heterocycles. The average Bonchev–Trinajstić information content (AvgIpc) is 3.71. The molecule has 6 rings (SSSR count). The van der Waals surface area contributed by atoms with Gasteiger partial charge in [-0.15, -0.1) is 11.3 Å². The summed E-state index contributed by atoms with van der Waals surface area (Å²) in [5.41, 5.74) is 6.50. The average molecular weight is 546 g/mol. The summed E-state index contributed by atoms with van der Waals surface area (Å²) in [5.74, 6) is 0. The van der Waals surface area contributed by atoms with Crippen molar-refractivity contribution < 1.29 is 0 Å². The Balaban J connectivity index is 1.49. The van der Waals surface area contributed by atoms with E-state index >= 15 is 0 Å². The van der Waals surface area contributed by atoms with Gasteiger partial charge in [-0.1, -0.05) is 60.7 Å². The van der Waals surface area contributed by atoms with Crippen LogP contribution in [0.3, 0.4) is 0 Å². The molecular weight excluding hydrogens is 518 g/mol. The molecule has 3 aromatic carbocycles. The lowest BCUT2D eigenvalue weighted by Gasteiger charge is -2.07. The molecule has 0 atom stereocenters.